The van der Waals surface area contributed by atoms with Crippen LogP contribution in [-0.4, -0.2) is 74.1 Å². The predicted molar refractivity (Wildman–Crippen MR) is 148 cm³/mol. The maximum atomic E-state index is 13.1. The van der Waals surface area contributed by atoms with E-state index in [-0.39, 0.29) is 10.3 Å². The normalized spacial score (nSPS) is 16.2. The highest BCUT2D eigenvalue weighted by atomic mass is 32.2. The van der Waals surface area contributed by atoms with Gasteiger partial charge in [0.05, 0.1) is 16.9 Å². The number of nitrogens with one attached hydrogen (secondary N) is 2. The van der Waals surface area contributed by atoms with Crippen molar-refractivity contribution in [2.45, 2.75) is 29.4 Å². The van der Waals surface area contributed by atoms with E-state index in [0.29, 0.717) is 37.3 Å². The Morgan fingerprint density at radius 3 is 2.80 bits per heavy atom. The van der Waals surface area contributed by atoms with Crippen LogP contribution in [-0.2, 0) is 30.9 Å². The average Bonchev–Trinajstić information content (AvgIpc) is 3.73. The number of hydrogen-bond acceptors (Lipinski definition) is 9. The van der Waals surface area contributed by atoms with Crippen LogP contribution in [0.3, 0.4) is 0 Å². The number of esters is 1. The molecule has 10 nitrogen and oxygen atoms in total. The third kappa shape index (κ3) is 6.39. The van der Waals surface area contributed by atoms with Gasteiger partial charge in [0, 0.05) is 49.2 Å². The highest BCUT2D eigenvalue weighted by Crippen LogP contribution is 2.35. The molecule has 1 saturated heterocycles. The van der Waals surface area contributed by atoms with Gasteiger partial charge in [-0.15, -0.1) is 22.7 Å². The Balaban J connectivity index is 1.22. The zero-order chi connectivity index (χ0) is 29.4. The molecule has 1 atom stereocenters. The average molecular weight is 628 g/mol. The lowest BCUT2D eigenvalue weighted by molar-refractivity contribution is -0.200. The Kier molecular flexibility index (Phi) is 8.09. The van der Waals surface area contributed by atoms with Gasteiger partial charge in [-0.1, -0.05) is 18.2 Å². The number of thiazole rings is 1. The summed E-state index contributed by atoms with van der Waals surface area (Å²) >= 11 is 2.62. The fourth-order valence-corrected chi connectivity index (χ4v) is 7.79. The standard InChI is InChI=1S/C25H24F3N5O5S3/c1-32(41(36,37)21-6-3-9-39-21)19-5-2-4-15-10-18(31-22(15)19)23-29-11-17(40-23)13-33-8-7-16(12-33)30-20(34)14-38-24(35)25(26,27)28/h2-6,9-11,16,31H,7-8,12-14H2,1H3,(H,30,34). The largest absolute Gasteiger partial charge is 0.490 e. The second-order valence-electron chi connectivity index (χ2n) is 9.32. The molecule has 0 aliphatic carbocycles. The predicted octanol–water partition coefficient (Wildman–Crippen LogP) is 3.97. The highest BCUT2D eigenvalue weighted by Gasteiger charge is 2.41. The molecule has 1 aliphatic rings. The van der Waals surface area contributed by atoms with Crippen molar-refractivity contribution in [2.24, 2.45) is 0 Å². The van der Waals surface area contributed by atoms with E-state index in [1.165, 1.54) is 22.7 Å². The number of carbonyl (C=O) groups excluding carboxylic acids is 2. The van der Waals surface area contributed by atoms with E-state index >= 15 is 0 Å². The molecular weight excluding hydrogens is 604 g/mol. The number of anilines is 1. The Bertz CT molecular complexity index is 1670. The van der Waals surface area contributed by atoms with E-state index in [1.807, 2.05) is 12.1 Å². The van der Waals surface area contributed by atoms with Crippen molar-refractivity contribution < 1.29 is 35.9 Å². The zero-order valence-corrected chi connectivity index (χ0v) is 23.9. The molecule has 4 heterocycles. The maximum absolute atomic E-state index is 13.1. The molecule has 0 saturated carbocycles. The van der Waals surface area contributed by atoms with Crippen molar-refractivity contribution in [3.63, 3.8) is 0 Å². The number of aromatic amines is 1. The van der Waals surface area contributed by atoms with Crippen LogP contribution >= 0.6 is 22.7 Å². The first-order valence-electron chi connectivity index (χ1n) is 12.3. The van der Waals surface area contributed by atoms with E-state index in [1.54, 1.807) is 35.8 Å². The number of rotatable bonds is 9. The smallest absolute Gasteiger partial charge is 0.449 e. The third-order valence-electron chi connectivity index (χ3n) is 6.45. The number of thiophene rings is 1. The number of H-pyrrole nitrogens is 1. The monoisotopic (exact) mass is 627 g/mol. The summed E-state index contributed by atoms with van der Waals surface area (Å²) in [6, 6.07) is 10.3. The lowest BCUT2D eigenvalue weighted by Crippen LogP contribution is -2.40. The van der Waals surface area contributed by atoms with Crippen LogP contribution in [0, 0.1) is 0 Å². The van der Waals surface area contributed by atoms with E-state index in [0.717, 1.165) is 32.3 Å². The molecule has 3 aromatic heterocycles. The van der Waals surface area contributed by atoms with Crippen molar-refractivity contribution in [2.75, 3.05) is 31.0 Å². The number of benzene rings is 1. The number of alkyl halides is 3. The summed E-state index contributed by atoms with van der Waals surface area (Å²) in [4.78, 5) is 33.6. The van der Waals surface area contributed by atoms with Gasteiger partial charge >= 0.3 is 12.1 Å². The number of amides is 1. The van der Waals surface area contributed by atoms with Gasteiger partial charge in [-0.3, -0.25) is 14.0 Å². The summed E-state index contributed by atoms with van der Waals surface area (Å²) in [5.74, 6) is -3.19. The molecule has 218 valence electrons. The third-order valence-corrected chi connectivity index (χ3v) is 10.6. The number of para-hydroxylation sites is 1. The number of nitrogens with zero attached hydrogens (tertiary/aromatic N) is 3. The lowest BCUT2D eigenvalue weighted by Gasteiger charge is -2.19. The molecule has 16 heteroatoms. The molecule has 1 aliphatic heterocycles. The van der Waals surface area contributed by atoms with Gasteiger partial charge in [-0.2, -0.15) is 13.2 Å². The zero-order valence-electron chi connectivity index (χ0n) is 21.5. The number of fused-ring (bicyclic) bond motifs is 1. The number of sulfonamides is 1. The fraction of sp³-hybridized carbons (Fsp3) is 0.320. The van der Waals surface area contributed by atoms with Crippen molar-refractivity contribution in [3.8, 4) is 10.7 Å². The maximum Gasteiger partial charge on any atom is 0.490 e. The van der Waals surface area contributed by atoms with Crippen molar-refractivity contribution in [3.05, 3.63) is 52.9 Å². The molecule has 0 spiro atoms. The highest BCUT2D eigenvalue weighted by molar-refractivity contribution is 7.94. The summed E-state index contributed by atoms with van der Waals surface area (Å²) in [6.45, 7) is 0.698. The molecular formula is C25H24F3N5O5S3. The minimum absolute atomic E-state index is 0.252. The number of likely N-dealkylation sites (tertiary alicyclic amines) is 1. The quantitative estimate of drug-likeness (QED) is 0.269. The molecule has 1 amide bonds. The van der Waals surface area contributed by atoms with Gasteiger partial charge in [0.25, 0.3) is 15.9 Å². The van der Waals surface area contributed by atoms with Gasteiger partial charge in [0.1, 0.15) is 9.22 Å². The minimum Gasteiger partial charge on any atom is -0.449 e. The molecule has 1 fully saturated rings. The van der Waals surface area contributed by atoms with Gasteiger partial charge in [-0.25, -0.2) is 18.2 Å². The number of carbonyl (C=O) groups is 2. The number of ether oxygens (including phenoxy) is 1. The summed E-state index contributed by atoms with van der Waals surface area (Å²) in [5.41, 5.74) is 1.92. The molecule has 41 heavy (non-hydrogen) atoms. The summed E-state index contributed by atoms with van der Waals surface area (Å²) in [5, 5.41) is 5.87. The SMILES string of the molecule is CN(c1cccc2cc(-c3ncc(CN4CCC(NC(=O)COC(=O)C(F)(F)F)C4)s3)[nH]c12)S(=O)(=O)c1cccs1. The first-order chi connectivity index (χ1) is 19.4. The first kappa shape index (κ1) is 29.0. The van der Waals surface area contributed by atoms with Crippen LogP contribution in [0.25, 0.3) is 21.6 Å². The molecule has 2 N–H and O–H groups in total. The van der Waals surface area contributed by atoms with Crippen LogP contribution in [0.15, 0.2) is 52.2 Å². The number of halogens is 3. The van der Waals surface area contributed by atoms with Gasteiger partial charge < -0.3 is 15.0 Å². The second kappa shape index (κ2) is 11.4. The Morgan fingerprint density at radius 2 is 2.07 bits per heavy atom. The minimum atomic E-state index is -5.14. The number of aromatic nitrogens is 2. The van der Waals surface area contributed by atoms with E-state index in [4.69, 9.17) is 0 Å². The Labute approximate surface area is 240 Å². The van der Waals surface area contributed by atoms with Crippen LogP contribution in [0.4, 0.5) is 18.9 Å². The topological polar surface area (TPSA) is 125 Å². The van der Waals surface area contributed by atoms with Crippen LogP contribution in [0.5, 0.6) is 0 Å². The van der Waals surface area contributed by atoms with Gasteiger partial charge in [-0.05, 0) is 30.0 Å². The summed E-state index contributed by atoms with van der Waals surface area (Å²) in [7, 11) is -2.19. The van der Waals surface area contributed by atoms with Crippen LogP contribution < -0.4 is 9.62 Å². The van der Waals surface area contributed by atoms with E-state index in [9.17, 15) is 31.2 Å². The summed E-state index contributed by atoms with van der Waals surface area (Å²) in [6.07, 6.45) is -2.80. The second-order valence-corrected chi connectivity index (χ2v) is 13.6. The molecule has 1 unspecified atom stereocenters. The molecule has 4 aromatic rings. The molecule has 5 rings (SSSR count). The van der Waals surface area contributed by atoms with Crippen molar-refractivity contribution in [1.82, 2.24) is 20.2 Å². The fourth-order valence-electron chi connectivity index (χ4n) is 4.49. The van der Waals surface area contributed by atoms with Crippen molar-refractivity contribution >= 4 is 61.2 Å². The first-order valence-corrected chi connectivity index (χ1v) is 15.4. The molecule has 0 radical (unpaired) electrons. The van der Waals surface area contributed by atoms with Crippen LogP contribution in [0.2, 0.25) is 0 Å². The molecule has 0 bridgehead atoms. The Morgan fingerprint density at radius 1 is 1.27 bits per heavy atom. The lowest BCUT2D eigenvalue weighted by atomic mass is 10.2. The molecule has 1 aromatic carbocycles. The van der Waals surface area contributed by atoms with E-state index < -0.39 is 34.7 Å². The summed E-state index contributed by atoms with van der Waals surface area (Å²) < 4.78 is 68.3. The Hall–Kier alpha value is -3.47. The van der Waals surface area contributed by atoms with Gasteiger partial charge in [0.15, 0.2) is 6.61 Å². The van der Waals surface area contributed by atoms with Gasteiger partial charge in [0.2, 0.25) is 0 Å². The van der Waals surface area contributed by atoms with Crippen LogP contribution in [0.1, 0.15) is 11.3 Å². The number of hydrogen-bond donors (Lipinski definition) is 2. The van der Waals surface area contributed by atoms with E-state index in [2.05, 4.69) is 24.9 Å². The van der Waals surface area contributed by atoms with Crippen molar-refractivity contribution in [1.29, 1.82) is 0 Å².